The van der Waals surface area contributed by atoms with E-state index in [4.69, 9.17) is 16.3 Å². The molecule has 0 spiro atoms. The van der Waals surface area contributed by atoms with E-state index in [0.717, 1.165) is 21.8 Å². The second-order valence-corrected chi connectivity index (χ2v) is 9.81. The summed E-state index contributed by atoms with van der Waals surface area (Å²) in [6, 6.07) is 12.6. The average Bonchev–Trinajstić information content (AvgIpc) is 2.74. The van der Waals surface area contributed by atoms with Crippen molar-refractivity contribution in [3.05, 3.63) is 53.1 Å². The highest BCUT2D eigenvalue weighted by atomic mass is 35.5. The minimum atomic E-state index is -3.68. The van der Waals surface area contributed by atoms with Crippen molar-refractivity contribution in [1.29, 1.82) is 0 Å². The van der Waals surface area contributed by atoms with Gasteiger partial charge in [-0.25, -0.2) is 8.42 Å². The Morgan fingerprint density at radius 1 is 1.13 bits per heavy atom. The number of aryl methyl sites for hydroxylation is 1. The zero-order valence-electron chi connectivity index (χ0n) is 18.0. The van der Waals surface area contributed by atoms with Gasteiger partial charge in [-0.1, -0.05) is 29.8 Å². The van der Waals surface area contributed by atoms with Gasteiger partial charge in [-0.2, -0.15) is 0 Å². The van der Waals surface area contributed by atoms with Crippen molar-refractivity contribution < 1.29 is 17.9 Å². The number of sulfonamides is 1. The standard InChI is InChI=1S/C22H28ClN3O4S/c1-4-30-21-8-6-5-7-19(21)26(31(3,28)29)16-22(27)25-13-11-24(12-14-25)20-15-18(23)10-9-17(20)2/h5-10,15H,4,11-14,16H2,1-3H3. The normalized spacial score (nSPS) is 14.5. The molecule has 9 heteroatoms. The lowest BCUT2D eigenvalue weighted by atomic mass is 10.1. The summed E-state index contributed by atoms with van der Waals surface area (Å²) >= 11 is 6.14. The summed E-state index contributed by atoms with van der Waals surface area (Å²) in [6.45, 7) is 6.32. The van der Waals surface area contributed by atoms with Crippen molar-refractivity contribution in [3.63, 3.8) is 0 Å². The molecule has 1 fully saturated rings. The van der Waals surface area contributed by atoms with E-state index >= 15 is 0 Å². The number of hydrogen-bond acceptors (Lipinski definition) is 5. The van der Waals surface area contributed by atoms with Gasteiger partial charge in [0.15, 0.2) is 0 Å². The maximum atomic E-state index is 13.0. The van der Waals surface area contributed by atoms with Gasteiger partial charge in [0.2, 0.25) is 15.9 Å². The SMILES string of the molecule is CCOc1ccccc1N(CC(=O)N1CCN(c2cc(Cl)ccc2C)CC1)S(C)(=O)=O. The molecule has 0 bridgehead atoms. The number of ether oxygens (including phenoxy) is 1. The maximum Gasteiger partial charge on any atom is 0.243 e. The molecule has 168 valence electrons. The minimum absolute atomic E-state index is 0.237. The molecule has 1 aliphatic heterocycles. The van der Waals surface area contributed by atoms with Crippen LogP contribution < -0.4 is 13.9 Å². The van der Waals surface area contributed by atoms with Crippen LogP contribution in [0.5, 0.6) is 5.75 Å². The van der Waals surface area contributed by atoms with Gasteiger partial charge in [-0.05, 0) is 43.7 Å². The Morgan fingerprint density at radius 3 is 2.45 bits per heavy atom. The van der Waals surface area contributed by atoms with Crippen molar-refractivity contribution in [1.82, 2.24) is 4.90 Å². The molecular formula is C22H28ClN3O4S. The first-order valence-electron chi connectivity index (χ1n) is 10.2. The third kappa shape index (κ3) is 5.62. The molecule has 2 aromatic rings. The zero-order chi connectivity index (χ0) is 22.6. The fourth-order valence-corrected chi connectivity index (χ4v) is 4.68. The van der Waals surface area contributed by atoms with Crippen LogP contribution in [0.2, 0.25) is 5.02 Å². The van der Waals surface area contributed by atoms with Gasteiger partial charge in [-0.15, -0.1) is 0 Å². The summed E-state index contributed by atoms with van der Waals surface area (Å²) in [5.74, 6) is 0.198. The van der Waals surface area contributed by atoms with Crippen LogP contribution in [0.25, 0.3) is 0 Å². The average molecular weight is 466 g/mol. The molecule has 0 unspecified atom stereocenters. The topological polar surface area (TPSA) is 70.2 Å². The van der Waals surface area contributed by atoms with Crippen LogP contribution in [-0.2, 0) is 14.8 Å². The van der Waals surface area contributed by atoms with Gasteiger partial charge in [-0.3, -0.25) is 9.10 Å². The summed E-state index contributed by atoms with van der Waals surface area (Å²) in [5, 5.41) is 0.677. The Kier molecular flexibility index (Phi) is 7.33. The number of para-hydroxylation sites is 2. The maximum absolute atomic E-state index is 13.0. The summed E-state index contributed by atoms with van der Waals surface area (Å²) in [5.41, 5.74) is 2.55. The van der Waals surface area contributed by atoms with Crippen molar-refractivity contribution in [3.8, 4) is 5.75 Å². The van der Waals surface area contributed by atoms with Crippen molar-refractivity contribution >= 4 is 38.9 Å². The number of hydrogen-bond donors (Lipinski definition) is 0. The zero-order valence-corrected chi connectivity index (χ0v) is 19.6. The highest BCUT2D eigenvalue weighted by Gasteiger charge is 2.28. The van der Waals surface area contributed by atoms with E-state index in [-0.39, 0.29) is 12.5 Å². The Labute approximate surface area is 189 Å². The van der Waals surface area contributed by atoms with Crippen LogP contribution in [0.1, 0.15) is 12.5 Å². The van der Waals surface area contributed by atoms with E-state index in [2.05, 4.69) is 4.90 Å². The van der Waals surface area contributed by atoms with Gasteiger partial charge in [0.25, 0.3) is 0 Å². The fourth-order valence-electron chi connectivity index (χ4n) is 3.66. The Hall–Kier alpha value is -2.45. The molecule has 3 rings (SSSR count). The van der Waals surface area contributed by atoms with Gasteiger partial charge < -0.3 is 14.5 Å². The van der Waals surface area contributed by atoms with Crippen molar-refractivity contribution in [2.75, 3.05) is 54.8 Å². The van der Waals surface area contributed by atoms with Gasteiger partial charge in [0.05, 0.1) is 18.6 Å². The Balaban J connectivity index is 1.72. The smallest absolute Gasteiger partial charge is 0.243 e. The minimum Gasteiger partial charge on any atom is -0.492 e. The molecule has 0 aromatic heterocycles. The summed E-state index contributed by atoms with van der Waals surface area (Å²) < 4.78 is 31.7. The molecule has 0 radical (unpaired) electrons. The predicted molar refractivity (Wildman–Crippen MR) is 125 cm³/mol. The van der Waals surface area contributed by atoms with Crippen LogP contribution in [0.4, 0.5) is 11.4 Å². The molecule has 0 aliphatic carbocycles. The number of carbonyl (C=O) groups excluding carboxylic acids is 1. The van der Waals surface area contributed by atoms with Crippen LogP contribution in [-0.4, -0.2) is 64.8 Å². The van der Waals surface area contributed by atoms with E-state index in [9.17, 15) is 13.2 Å². The van der Waals surface area contributed by atoms with Crippen LogP contribution in [0.3, 0.4) is 0 Å². The van der Waals surface area contributed by atoms with Gasteiger partial charge in [0, 0.05) is 36.9 Å². The molecule has 1 saturated heterocycles. The first-order chi connectivity index (χ1) is 14.7. The lowest BCUT2D eigenvalue weighted by molar-refractivity contribution is -0.129. The van der Waals surface area contributed by atoms with Crippen LogP contribution in [0, 0.1) is 6.92 Å². The van der Waals surface area contributed by atoms with Crippen molar-refractivity contribution in [2.45, 2.75) is 13.8 Å². The number of anilines is 2. The molecule has 1 heterocycles. The van der Waals surface area contributed by atoms with E-state index in [1.165, 1.54) is 0 Å². The molecule has 1 aliphatic rings. The molecule has 0 atom stereocenters. The quantitative estimate of drug-likeness (QED) is 0.628. The van der Waals surface area contributed by atoms with E-state index in [1.54, 1.807) is 29.2 Å². The van der Waals surface area contributed by atoms with Crippen molar-refractivity contribution in [2.24, 2.45) is 0 Å². The van der Waals surface area contributed by atoms with E-state index in [1.807, 2.05) is 32.0 Å². The number of rotatable bonds is 7. The third-order valence-corrected chi connectivity index (χ3v) is 6.62. The van der Waals surface area contributed by atoms with Crippen LogP contribution in [0.15, 0.2) is 42.5 Å². The first-order valence-corrected chi connectivity index (χ1v) is 12.4. The second-order valence-electron chi connectivity index (χ2n) is 7.47. The third-order valence-electron chi connectivity index (χ3n) is 5.26. The predicted octanol–water partition coefficient (Wildman–Crippen LogP) is 3.16. The lowest BCUT2D eigenvalue weighted by Crippen LogP contribution is -2.52. The number of piperazine rings is 1. The summed E-state index contributed by atoms with van der Waals surface area (Å²) in [6.07, 6.45) is 1.10. The highest BCUT2D eigenvalue weighted by molar-refractivity contribution is 7.92. The Morgan fingerprint density at radius 2 is 1.81 bits per heavy atom. The van der Waals surface area contributed by atoms with E-state index in [0.29, 0.717) is 49.2 Å². The molecule has 7 nitrogen and oxygen atoms in total. The summed E-state index contributed by atoms with van der Waals surface area (Å²) in [4.78, 5) is 16.9. The molecule has 2 aromatic carbocycles. The van der Waals surface area contributed by atoms with E-state index < -0.39 is 10.0 Å². The highest BCUT2D eigenvalue weighted by Crippen LogP contribution is 2.30. The molecule has 1 amide bonds. The molecule has 0 saturated carbocycles. The number of nitrogens with zero attached hydrogens (tertiary/aromatic N) is 3. The molecular weight excluding hydrogens is 438 g/mol. The number of halogens is 1. The monoisotopic (exact) mass is 465 g/mol. The van der Waals surface area contributed by atoms with Gasteiger partial charge >= 0.3 is 0 Å². The fraction of sp³-hybridized carbons (Fsp3) is 0.409. The first kappa shape index (κ1) is 23.2. The lowest BCUT2D eigenvalue weighted by Gasteiger charge is -2.37. The van der Waals surface area contributed by atoms with Gasteiger partial charge in [0.1, 0.15) is 12.3 Å². The number of benzene rings is 2. The Bertz CT molecular complexity index is 1040. The van der Waals surface area contributed by atoms with Crippen LogP contribution >= 0.6 is 11.6 Å². The number of carbonyl (C=O) groups is 1. The number of amides is 1. The molecule has 31 heavy (non-hydrogen) atoms. The largest absolute Gasteiger partial charge is 0.492 e. The second kappa shape index (κ2) is 9.78. The summed E-state index contributed by atoms with van der Waals surface area (Å²) in [7, 11) is -3.68. The molecule has 0 N–H and O–H groups in total.